The van der Waals surface area contributed by atoms with Crippen LogP contribution in [0.15, 0.2) is 16.7 Å². The molecule has 5 heteroatoms. The van der Waals surface area contributed by atoms with E-state index in [0.717, 1.165) is 23.7 Å². The van der Waals surface area contributed by atoms with Crippen molar-refractivity contribution in [3.63, 3.8) is 0 Å². The van der Waals surface area contributed by atoms with Gasteiger partial charge in [-0.3, -0.25) is 4.79 Å². The molecule has 0 saturated heterocycles. The zero-order valence-electron chi connectivity index (χ0n) is 9.24. The van der Waals surface area contributed by atoms with Crippen LogP contribution in [-0.4, -0.2) is 22.6 Å². The Bertz CT molecular complexity index is 402. The molecular weight excluding hydrogens is 270 g/mol. The minimum Gasteiger partial charge on any atom is -0.346 e. The predicted octanol–water partition coefficient (Wildman–Crippen LogP) is 1.40. The van der Waals surface area contributed by atoms with E-state index < -0.39 is 0 Å². The molecule has 0 aromatic carbocycles. The van der Waals surface area contributed by atoms with Crippen LogP contribution in [0.2, 0.25) is 0 Å². The molecule has 1 amide bonds. The fourth-order valence-corrected chi connectivity index (χ4v) is 2.68. The quantitative estimate of drug-likeness (QED) is 0.863. The molecule has 1 aromatic rings. The zero-order valence-corrected chi connectivity index (χ0v) is 10.8. The van der Waals surface area contributed by atoms with Gasteiger partial charge in [0.2, 0.25) is 0 Å². The molecule has 1 fully saturated rings. The smallest absolute Gasteiger partial charge is 0.268 e. The van der Waals surface area contributed by atoms with Crippen molar-refractivity contribution in [2.75, 3.05) is 0 Å². The molecule has 2 rings (SSSR count). The van der Waals surface area contributed by atoms with Crippen molar-refractivity contribution < 1.29 is 4.79 Å². The van der Waals surface area contributed by atoms with Crippen molar-refractivity contribution in [2.45, 2.75) is 31.3 Å². The second kappa shape index (κ2) is 4.59. The van der Waals surface area contributed by atoms with Crippen LogP contribution < -0.4 is 11.1 Å². The van der Waals surface area contributed by atoms with E-state index in [4.69, 9.17) is 5.73 Å². The first-order valence-corrected chi connectivity index (χ1v) is 6.25. The van der Waals surface area contributed by atoms with Crippen molar-refractivity contribution >= 4 is 21.8 Å². The van der Waals surface area contributed by atoms with E-state index in [9.17, 15) is 4.79 Å². The van der Waals surface area contributed by atoms with Crippen LogP contribution in [0.1, 0.15) is 29.8 Å². The maximum Gasteiger partial charge on any atom is 0.268 e. The highest BCUT2D eigenvalue weighted by Crippen LogP contribution is 2.18. The van der Waals surface area contributed by atoms with Crippen LogP contribution in [0.3, 0.4) is 0 Å². The van der Waals surface area contributed by atoms with Gasteiger partial charge in [0.05, 0.1) is 0 Å². The number of aromatic nitrogens is 1. The van der Waals surface area contributed by atoms with E-state index in [1.165, 1.54) is 0 Å². The van der Waals surface area contributed by atoms with Gasteiger partial charge in [0.1, 0.15) is 5.69 Å². The van der Waals surface area contributed by atoms with Crippen LogP contribution in [0, 0.1) is 0 Å². The summed E-state index contributed by atoms with van der Waals surface area (Å²) >= 11 is 3.35. The Morgan fingerprint density at radius 3 is 2.88 bits per heavy atom. The van der Waals surface area contributed by atoms with Crippen LogP contribution in [0.5, 0.6) is 0 Å². The predicted molar refractivity (Wildman–Crippen MR) is 66.2 cm³/mol. The number of amides is 1. The Hall–Kier alpha value is -0.810. The molecule has 1 aliphatic carbocycles. The number of nitrogens with one attached hydrogen (secondary N) is 1. The molecule has 0 bridgehead atoms. The highest BCUT2D eigenvalue weighted by atomic mass is 79.9. The molecule has 0 radical (unpaired) electrons. The molecule has 0 spiro atoms. The fraction of sp³-hybridized carbons (Fsp3) is 0.545. The Labute approximate surface area is 103 Å². The first-order valence-electron chi connectivity index (χ1n) is 5.46. The average Bonchev–Trinajstić information content (AvgIpc) is 2.74. The third-order valence-electron chi connectivity index (χ3n) is 3.09. The Morgan fingerprint density at radius 2 is 2.38 bits per heavy atom. The number of nitrogens with zero attached hydrogens (tertiary/aromatic N) is 1. The SMILES string of the molecule is Cn1cc(Br)cc1C(=O)NC1CCCC1N. The first kappa shape index (κ1) is 11.7. The summed E-state index contributed by atoms with van der Waals surface area (Å²) in [4.78, 5) is 12.0. The number of carbonyl (C=O) groups is 1. The van der Waals surface area contributed by atoms with Gasteiger partial charge in [0.15, 0.2) is 0 Å². The minimum atomic E-state index is -0.0458. The van der Waals surface area contributed by atoms with E-state index in [1.54, 1.807) is 4.57 Å². The molecular formula is C11H16BrN3O. The lowest BCUT2D eigenvalue weighted by molar-refractivity contribution is 0.0926. The minimum absolute atomic E-state index is 0.0458. The molecule has 16 heavy (non-hydrogen) atoms. The topological polar surface area (TPSA) is 60.0 Å². The maximum absolute atomic E-state index is 12.0. The molecule has 1 saturated carbocycles. The van der Waals surface area contributed by atoms with Gasteiger partial charge in [-0.05, 0) is 41.3 Å². The number of carbonyl (C=O) groups excluding carboxylic acids is 1. The third kappa shape index (κ3) is 2.30. The second-order valence-corrected chi connectivity index (χ2v) is 5.24. The molecule has 2 unspecified atom stereocenters. The summed E-state index contributed by atoms with van der Waals surface area (Å²) in [5.41, 5.74) is 6.58. The van der Waals surface area contributed by atoms with E-state index in [1.807, 2.05) is 19.3 Å². The highest BCUT2D eigenvalue weighted by Gasteiger charge is 2.26. The highest BCUT2D eigenvalue weighted by molar-refractivity contribution is 9.10. The lowest BCUT2D eigenvalue weighted by atomic mass is 10.2. The normalized spacial score (nSPS) is 24.7. The molecule has 1 aliphatic rings. The Morgan fingerprint density at radius 1 is 1.62 bits per heavy atom. The summed E-state index contributed by atoms with van der Waals surface area (Å²) in [6.45, 7) is 0. The van der Waals surface area contributed by atoms with Gasteiger partial charge in [0.25, 0.3) is 5.91 Å². The van der Waals surface area contributed by atoms with Gasteiger partial charge in [-0.25, -0.2) is 0 Å². The molecule has 2 atom stereocenters. The van der Waals surface area contributed by atoms with E-state index in [2.05, 4.69) is 21.2 Å². The van der Waals surface area contributed by atoms with Gasteiger partial charge in [-0.15, -0.1) is 0 Å². The number of rotatable bonds is 2. The Kier molecular flexibility index (Phi) is 3.35. The molecule has 1 heterocycles. The van der Waals surface area contributed by atoms with Crippen LogP contribution in [0.25, 0.3) is 0 Å². The van der Waals surface area contributed by atoms with E-state index in [0.29, 0.717) is 5.69 Å². The standard InChI is InChI=1S/C11H16BrN3O/c1-15-6-7(12)5-10(15)11(16)14-9-4-2-3-8(9)13/h5-6,8-9H,2-4,13H2,1H3,(H,14,16). The van der Waals surface area contributed by atoms with Gasteiger partial charge in [-0.1, -0.05) is 0 Å². The monoisotopic (exact) mass is 285 g/mol. The number of halogens is 1. The summed E-state index contributed by atoms with van der Waals surface area (Å²) in [7, 11) is 1.86. The van der Waals surface area contributed by atoms with Crippen LogP contribution in [-0.2, 0) is 7.05 Å². The number of hydrogen-bond acceptors (Lipinski definition) is 2. The average molecular weight is 286 g/mol. The van der Waals surface area contributed by atoms with Crippen molar-refractivity contribution in [1.29, 1.82) is 0 Å². The zero-order chi connectivity index (χ0) is 11.7. The summed E-state index contributed by atoms with van der Waals surface area (Å²) in [6.07, 6.45) is 4.95. The van der Waals surface area contributed by atoms with Crippen molar-refractivity contribution in [2.24, 2.45) is 12.8 Å². The van der Waals surface area contributed by atoms with Crippen molar-refractivity contribution in [3.8, 4) is 0 Å². The summed E-state index contributed by atoms with van der Waals surface area (Å²) < 4.78 is 2.72. The second-order valence-electron chi connectivity index (χ2n) is 4.33. The maximum atomic E-state index is 12.0. The lowest BCUT2D eigenvalue weighted by Crippen LogP contribution is -2.44. The lowest BCUT2D eigenvalue weighted by Gasteiger charge is -2.17. The van der Waals surface area contributed by atoms with E-state index >= 15 is 0 Å². The summed E-state index contributed by atoms with van der Waals surface area (Å²) in [6, 6.07) is 2.05. The summed E-state index contributed by atoms with van der Waals surface area (Å²) in [5.74, 6) is -0.0458. The number of aryl methyl sites for hydroxylation is 1. The van der Waals surface area contributed by atoms with Crippen molar-refractivity contribution in [3.05, 3.63) is 22.4 Å². The fourth-order valence-electron chi connectivity index (χ4n) is 2.16. The third-order valence-corrected chi connectivity index (χ3v) is 3.52. The van der Waals surface area contributed by atoms with E-state index in [-0.39, 0.29) is 18.0 Å². The van der Waals surface area contributed by atoms with Gasteiger partial charge >= 0.3 is 0 Å². The Balaban J connectivity index is 2.05. The van der Waals surface area contributed by atoms with Gasteiger partial charge in [-0.2, -0.15) is 0 Å². The molecule has 0 aliphatic heterocycles. The van der Waals surface area contributed by atoms with Gasteiger partial charge < -0.3 is 15.6 Å². The molecule has 88 valence electrons. The molecule has 3 N–H and O–H groups in total. The van der Waals surface area contributed by atoms with Crippen LogP contribution in [0.4, 0.5) is 0 Å². The number of nitrogens with two attached hydrogens (primary N) is 1. The first-order chi connectivity index (χ1) is 7.58. The van der Waals surface area contributed by atoms with Crippen molar-refractivity contribution in [1.82, 2.24) is 9.88 Å². The largest absolute Gasteiger partial charge is 0.346 e. The van der Waals surface area contributed by atoms with Crippen LogP contribution >= 0.6 is 15.9 Å². The van der Waals surface area contributed by atoms with Gasteiger partial charge in [0, 0.05) is 29.8 Å². The molecule has 4 nitrogen and oxygen atoms in total. The number of hydrogen-bond donors (Lipinski definition) is 2. The summed E-state index contributed by atoms with van der Waals surface area (Å²) in [5, 5.41) is 2.99. The molecule has 1 aromatic heterocycles.